The summed E-state index contributed by atoms with van der Waals surface area (Å²) in [6.07, 6.45) is 7.78. The Labute approximate surface area is 184 Å². The van der Waals surface area contributed by atoms with Gasteiger partial charge in [0.05, 0.1) is 10.7 Å². The van der Waals surface area contributed by atoms with Crippen molar-refractivity contribution in [1.82, 2.24) is 4.90 Å². The molecule has 2 aliphatic rings. The minimum Gasteiger partial charge on any atom is -0.320 e. The number of nitrogens with one attached hydrogen (secondary N) is 3. The Balaban J connectivity index is 1.44. The molecule has 1 fully saturated rings. The van der Waals surface area contributed by atoms with Gasteiger partial charge < -0.3 is 20.0 Å². The van der Waals surface area contributed by atoms with Crippen molar-refractivity contribution < 1.29 is 19.4 Å². The maximum atomic E-state index is 13.0. The van der Waals surface area contributed by atoms with Gasteiger partial charge in [0.15, 0.2) is 13.1 Å². The molecule has 1 heterocycles. The summed E-state index contributed by atoms with van der Waals surface area (Å²) in [6.45, 7) is 7.56. The Kier molecular flexibility index (Phi) is 8.73. The first-order valence-electron chi connectivity index (χ1n) is 11.3. The van der Waals surface area contributed by atoms with E-state index in [1.165, 1.54) is 28.3 Å². The molecule has 3 N–H and O–H groups in total. The largest absolute Gasteiger partial charge is 0.320 e. The van der Waals surface area contributed by atoms with Crippen molar-refractivity contribution in [2.75, 3.05) is 51.1 Å². The second-order valence-electron chi connectivity index (χ2n) is 8.37. The fourth-order valence-electron chi connectivity index (χ4n) is 4.32. The minimum absolute atomic E-state index is 0.0176. The number of anilines is 1. The maximum absolute atomic E-state index is 13.0. The summed E-state index contributed by atoms with van der Waals surface area (Å²) in [5, 5.41) is 3.45. The molecule has 0 bridgehead atoms. The van der Waals surface area contributed by atoms with Gasteiger partial charge in [0.2, 0.25) is 0 Å². The van der Waals surface area contributed by atoms with E-state index in [9.17, 15) is 9.59 Å². The molecule has 1 aromatic rings. The van der Waals surface area contributed by atoms with Crippen molar-refractivity contribution >= 4 is 29.1 Å². The van der Waals surface area contributed by atoms with Crippen molar-refractivity contribution in [2.24, 2.45) is 0 Å². The van der Waals surface area contributed by atoms with Crippen LogP contribution in [0.25, 0.3) is 0 Å². The third kappa shape index (κ3) is 6.56. The summed E-state index contributed by atoms with van der Waals surface area (Å²) in [4.78, 5) is 30.0. The monoisotopic (exact) mass is 434 g/mol. The highest BCUT2D eigenvalue weighted by atomic mass is 35.5. The topological polar surface area (TPSA) is 58.3 Å². The van der Waals surface area contributed by atoms with E-state index in [4.69, 9.17) is 11.6 Å². The smallest absolute Gasteiger partial charge is 0.281 e. The third-order valence-electron chi connectivity index (χ3n) is 5.99. The molecule has 3 rings (SSSR count). The van der Waals surface area contributed by atoms with Gasteiger partial charge in [-0.1, -0.05) is 36.7 Å². The fraction of sp³-hybridized carbons (Fsp3) is 0.565. The van der Waals surface area contributed by atoms with E-state index in [0.717, 1.165) is 52.0 Å². The van der Waals surface area contributed by atoms with Crippen molar-refractivity contribution in [2.45, 2.75) is 39.0 Å². The van der Waals surface area contributed by atoms with Crippen LogP contribution >= 0.6 is 11.6 Å². The molecule has 1 aromatic carbocycles. The first-order valence-corrected chi connectivity index (χ1v) is 11.7. The molecular formula is C23H35ClN4O2+2. The summed E-state index contributed by atoms with van der Waals surface area (Å²) in [5.74, 6) is 0.232. The van der Waals surface area contributed by atoms with Gasteiger partial charge in [0.1, 0.15) is 26.2 Å². The Morgan fingerprint density at radius 2 is 1.77 bits per heavy atom. The van der Waals surface area contributed by atoms with Crippen LogP contribution in [0.2, 0.25) is 5.02 Å². The van der Waals surface area contributed by atoms with E-state index in [1.54, 1.807) is 6.07 Å². The SMILES string of the molecule is CCCN(C(=O)C[NH+]1CC[NH+](CC(=O)Nc2ccccc2Cl)CC1)C1=CCCCC1. The molecule has 1 aliphatic heterocycles. The molecule has 1 aliphatic carbocycles. The molecule has 0 atom stereocenters. The number of halogens is 1. The van der Waals surface area contributed by atoms with Crippen molar-refractivity contribution in [3.8, 4) is 0 Å². The predicted octanol–water partition coefficient (Wildman–Crippen LogP) is 0.758. The highest BCUT2D eigenvalue weighted by Gasteiger charge is 2.29. The van der Waals surface area contributed by atoms with E-state index in [1.807, 2.05) is 23.1 Å². The number of rotatable bonds is 8. The number of carbonyl (C=O) groups excluding carboxylic acids is 2. The molecule has 164 valence electrons. The summed E-state index contributed by atoms with van der Waals surface area (Å²) in [7, 11) is 0. The van der Waals surface area contributed by atoms with Crippen molar-refractivity contribution in [3.63, 3.8) is 0 Å². The zero-order valence-corrected chi connectivity index (χ0v) is 18.8. The maximum Gasteiger partial charge on any atom is 0.281 e. The number of para-hydroxylation sites is 1. The first-order chi connectivity index (χ1) is 14.6. The number of carbonyl (C=O) groups is 2. The lowest BCUT2D eigenvalue weighted by atomic mass is 10.0. The van der Waals surface area contributed by atoms with E-state index in [2.05, 4.69) is 18.3 Å². The highest BCUT2D eigenvalue weighted by molar-refractivity contribution is 6.33. The average molecular weight is 435 g/mol. The number of quaternary nitrogens is 2. The van der Waals surface area contributed by atoms with E-state index < -0.39 is 0 Å². The lowest BCUT2D eigenvalue weighted by Gasteiger charge is -2.32. The van der Waals surface area contributed by atoms with Crippen LogP contribution in [-0.2, 0) is 9.59 Å². The highest BCUT2D eigenvalue weighted by Crippen LogP contribution is 2.21. The van der Waals surface area contributed by atoms with Gasteiger partial charge in [0, 0.05) is 12.2 Å². The number of hydrogen-bond donors (Lipinski definition) is 3. The third-order valence-corrected chi connectivity index (χ3v) is 6.32. The normalized spacial score (nSPS) is 21.6. The van der Waals surface area contributed by atoms with Crippen LogP contribution in [0.15, 0.2) is 36.0 Å². The first kappa shape index (κ1) is 22.8. The van der Waals surface area contributed by atoms with Gasteiger partial charge in [0.25, 0.3) is 11.8 Å². The van der Waals surface area contributed by atoms with Gasteiger partial charge in [-0.25, -0.2) is 0 Å². The number of hydrogen-bond acceptors (Lipinski definition) is 2. The predicted molar refractivity (Wildman–Crippen MR) is 120 cm³/mol. The van der Waals surface area contributed by atoms with Gasteiger partial charge in [-0.2, -0.15) is 0 Å². The van der Waals surface area contributed by atoms with Gasteiger partial charge >= 0.3 is 0 Å². The van der Waals surface area contributed by atoms with Crippen LogP contribution in [-0.4, -0.2) is 62.5 Å². The van der Waals surface area contributed by atoms with Crippen molar-refractivity contribution in [3.05, 3.63) is 41.1 Å². The molecule has 0 saturated carbocycles. The molecule has 7 heteroatoms. The second-order valence-corrected chi connectivity index (χ2v) is 8.78. The van der Waals surface area contributed by atoms with E-state index in [0.29, 0.717) is 23.8 Å². The number of nitrogens with zero attached hydrogens (tertiary/aromatic N) is 1. The minimum atomic E-state index is -0.0176. The standard InChI is InChI=1S/C23H33ClN4O2/c1-2-12-28(19-8-4-3-5-9-19)23(30)18-27-15-13-26(14-16-27)17-22(29)25-21-11-7-6-10-20(21)24/h6-8,10-11H,2-5,9,12-18H2,1H3,(H,25,29)/p+2. The Bertz CT molecular complexity index is 759. The molecule has 6 nitrogen and oxygen atoms in total. The van der Waals surface area contributed by atoms with Crippen LogP contribution < -0.4 is 15.1 Å². The zero-order valence-electron chi connectivity index (χ0n) is 18.0. The molecule has 0 radical (unpaired) electrons. The van der Waals surface area contributed by atoms with Crippen molar-refractivity contribution in [1.29, 1.82) is 0 Å². The van der Waals surface area contributed by atoms with Crippen LogP contribution in [0.4, 0.5) is 5.69 Å². The molecule has 0 aromatic heterocycles. The van der Waals surface area contributed by atoms with E-state index in [-0.39, 0.29) is 11.8 Å². The lowest BCUT2D eigenvalue weighted by Crippen LogP contribution is -3.28. The Hall–Kier alpha value is -1.89. The fourth-order valence-corrected chi connectivity index (χ4v) is 4.51. The number of piperazine rings is 1. The van der Waals surface area contributed by atoms with Crippen LogP contribution in [0.5, 0.6) is 0 Å². The van der Waals surface area contributed by atoms with Gasteiger partial charge in [-0.3, -0.25) is 9.59 Å². The molecule has 0 unspecified atom stereocenters. The van der Waals surface area contributed by atoms with E-state index >= 15 is 0 Å². The Morgan fingerprint density at radius 3 is 2.40 bits per heavy atom. The average Bonchev–Trinajstić information content (AvgIpc) is 2.75. The summed E-state index contributed by atoms with van der Waals surface area (Å²) >= 11 is 6.12. The molecule has 2 amide bonds. The number of allylic oxidation sites excluding steroid dienone is 2. The van der Waals surface area contributed by atoms with Gasteiger partial charge in [-0.15, -0.1) is 0 Å². The summed E-state index contributed by atoms with van der Waals surface area (Å²) in [5.41, 5.74) is 1.89. The molecular weight excluding hydrogens is 400 g/mol. The zero-order chi connectivity index (χ0) is 21.3. The second kappa shape index (κ2) is 11.5. The molecule has 0 spiro atoms. The van der Waals surface area contributed by atoms with Crippen LogP contribution in [0.1, 0.15) is 39.0 Å². The Morgan fingerprint density at radius 1 is 1.07 bits per heavy atom. The van der Waals surface area contributed by atoms with Crippen LogP contribution in [0, 0.1) is 0 Å². The summed E-state index contributed by atoms with van der Waals surface area (Å²) < 4.78 is 0. The lowest BCUT2D eigenvalue weighted by molar-refractivity contribution is -1.00. The van der Waals surface area contributed by atoms with Crippen LogP contribution in [0.3, 0.4) is 0 Å². The number of amides is 2. The molecule has 1 saturated heterocycles. The quantitative estimate of drug-likeness (QED) is 0.565. The molecule has 30 heavy (non-hydrogen) atoms. The summed E-state index contributed by atoms with van der Waals surface area (Å²) in [6, 6.07) is 7.29. The number of benzene rings is 1. The van der Waals surface area contributed by atoms with Gasteiger partial charge in [-0.05, 0) is 44.2 Å².